The molecule has 0 unspecified atom stereocenters. The van der Waals surface area contributed by atoms with Gasteiger partial charge in [-0.1, -0.05) is 6.58 Å². The molecule has 7 nitrogen and oxygen atoms in total. The number of carbonyl (C=O) groups is 2. The summed E-state index contributed by atoms with van der Waals surface area (Å²) >= 11 is 0. The lowest BCUT2D eigenvalue weighted by Crippen LogP contribution is -2.17. The molecular formula is C12H16N2O5. The van der Waals surface area contributed by atoms with Crippen molar-refractivity contribution in [1.29, 1.82) is 0 Å². The van der Waals surface area contributed by atoms with Crippen LogP contribution in [0.5, 0.6) is 0 Å². The van der Waals surface area contributed by atoms with Gasteiger partial charge >= 0.3 is 12.1 Å². The molecule has 104 valence electrons. The largest absolute Gasteiger partial charge is 0.460 e. The predicted molar refractivity (Wildman–Crippen MR) is 65.6 cm³/mol. The van der Waals surface area contributed by atoms with Crippen molar-refractivity contribution in [3.63, 3.8) is 0 Å². The highest BCUT2D eigenvalue weighted by Gasteiger charge is 2.04. The lowest BCUT2D eigenvalue weighted by molar-refractivity contribution is -0.140. The fourth-order valence-electron chi connectivity index (χ4n) is 1.05. The second-order valence-corrected chi connectivity index (χ2v) is 3.61. The first kappa shape index (κ1) is 14.9. The van der Waals surface area contributed by atoms with Crippen molar-refractivity contribution in [2.24, 2.45) is 0 Å². The van der Waals surface area contributed by atoms with Gasteiger partial charge in [0, 0.05) is 18.0 Å². The van der Waals surface area contributed by atoms with Gasteiger partial charge in [0.2, 0.25) is 0 Å². The van der Waals surface area contributed by atoms with Crippen LogP contribution in [0.3, 0.4) is 0 Å². The number of nitrogens with zero attached hydrogens (tertiary/aromatic N) is 2. The van der Waals surface area contributed by atoms with E-state index in [0.717, 1.165) is 0 Å². The lowest BCUT2D eigenvalue weighted by Gasteiger charge is -2.07. The highest BCUT2D eigenvalue weighted by atomic mass is 16.6. The summed E-state index contributed by atoms with van der Waals surface area (Å²) in [5.74, 6) is -0.449. The van der Waals surface area contributed by atoms with Gasteiger partial charge in [0.15, 0.2) is 0 Å². The zero-order valence-electron chi connectivity index (χ0n) is 10.7. The van der Waals surface area contributed by atoms with Gasteiger partial charge in [0.05, 0.1) is 13.2 Å². The second kappa shape index (κ2) is 8.04. The van der Waals surface area contributed by atoms with Crippen LogP contribution in [-0.4, -0.2) is 48.0 Å². The van der Waals surface area contributed by atoms with Gasteiger partial charge in [-0.3, -0.25) is 0 Å². The van der Waals surface area contributed by atoms with E-state index >= 15 is 0 Å². The highest BCUT2D eigenvalue weighted by molar-refractivity contribution is 5.86. The number of hydrogen-bond acceptors (Lipinski definition) is 6. The Hall–Kier alpha value is -2.15. The van der Waals surface area contributed by atoms with Crippen LogP contribution >= 0.6 is 0 Å². The summed E-state index contributed by atoms with van der Waals surface area (Å²) < 4.78 is 16.0. The molecule has 1 rings (SSSR count). The van der Waals surface area contributed by atoms with Crippen molar-refractivity contribution in [2.75, 3.05) is 26.4 Å². The standard InChI is InChI=1S/C12H16N2O5/c1-10(2)11(15)18-7-5-17-6-8-19-12(16)14-4-3-13-9-14/h3-4,9H,1,5-8H2,2H3. The van der Waals surface area contributed by atoms with E-state index in [4.69, 9.17) is 14.2 Å². The number of rotatable bonds is 7. The fourth-order valence-corrected chi connectivity index (χ4v) is 1.05. The summed E-state index contributed by atoms with van der Waals surface area (Å²) in [7, 11) is 0. The van der Waals surface area contributed by atoms with Crippen LogP contribution in [0.4, 0.5) is 4.79 Å². The molecule has 0 N–H and O–H groups in total. The molecule has 0 fully saturated rings. The number of hydrogen-bond donors (Lipinski definition) is 0. The number of carbonyl (C=O) groups excluding carboxylic acids is 2. The first-order valence-electron chi connectivity index (χ1n) is 5.66. The minimum absolute atomic E-state index is 0.117. The highest BCUT2D eigenvalue weighted by Crippen LogP contribution is 1.92. The summed E-state index contributed by atoms with van der Waals surface area (Å²) in [4.78, 5) is 26.0. The van der Waals surface area contributed by atoms with Gasteiger partial charge < -0.3 is 14.2 Å². The quantitative estimate of drug-likeness (QED) is 0.417. The molecule has 0 bridgehead atoms. The van der Waals surface area contributed by atoms with E-state index < -0.39 is 12.1 Å². The minimum Gasteiger partial charge on any atom is -0.460 e. The number of esters is 1. The average molecular weight is 268 g/mol. The van der Waals surface area contributed by atoms with Crippen LogP contribution in [0.1, 0.15) is 6.92 Å². The van der Waals surface area contributed by atoms with E-state index in [1.165, 1.54) is 23.3 Å². The maximum absolute atomic E-state index is 11.3. The molecule has 19 heavy (non-hydrogen) atoms. The molecule has 0 aliphatic heterocycles. The summed E-state index contributed by atoms with van der Waals surface area (Å²) in [5.41, 5.74) is 0.342. The minimum atomic E-state index is -0.519. The summed E-state index contributed by atoms with van der Waals surface area (Å²) in [6, 6.07) is 0. The van der Waals surface area contributed by atoms with Crippen molar-refractivity contribution in [1.82, 2.24) is 9.55 Å². The van der Waals surface area contributed by atoms with Crippen molar-refractivity contribution < 1.29 is 23.8 Å². The maximum Gasteiger partial charge on any atom is 0.419 e. The maximum atomic E-state index is 11.3. The van der Waals surface area contributed by atoms with E-state index in [1.54, 1.807) is 6.92 Å². The molecule has 1 aromatic rings. The molecule has 0 amide bonds. The fraction of sp³-hybridized carbons (Fsp3) is 0.417. The van der Waals surface area contributed by atoms with Crippen LogP contribution in [0.2, 0.25) is 0 Å². The van der Waals surface area contributed by atoms with Gasteiger partial charge in [-0.15, -0.1) is 0 Å². The molecule has 0 atom stereocenters. The Morgan fingerprint density at radius 3 is 2.47 bits per heavy atom. The van der Waals surface area contributed by atoms with Crippen LogP contribution in [0, 0.1) is 0 Å². The Morgan fingerprint density at radius 1 is 1.21 bits per heavy atom. The second-order valence-electron chi connectivity index (χ2n) is 3.61. The van der Waals surface area contributed by atoms with Crippen LogP contribution in [0.25, 0.3) is 0 Å². The van der Waals surface area contributed by atoms with E-state index in [0.29, 0.717) is 5.57 Å². The molecule has 7 heteroatoms. The zero-order chi connectivity index (χ0) is 14.1. The van der Waals surface area contributed by atoms with Crippen molar-refractivity contribution >= 4 is 12.1 Å². The van der Waals surface area contributed by atoms with Gasteiger partial charge in [-0.25, -0.2) is 19.1 Å². The third-order valence-electron chi connectivity index (χ3n) is 1.98. The Labute approximate surface area is 110 Å². The first-order chi connectivity index (χ1) is 9.11. The SMILES string of the molecule is C=C(C)C(=O)OCCOCCOC(=O)n1ccnc1. The predicted octanol–water partition coefficient (Wildman–Crippen LogP) is 1.00. The average Bonchev–Trinajstić information content (AvgIpc) is 2.90. The third-order valence-corrected chi connectivity index (χ3v) is 1.98. The third kappa shape index (κ3) is 5.82. The molecule has 0 saturated carbocycles. The summed E-state index contributed by atoms with van der Waals surface area (Å²) in [6.07, 6.45) is 3.80. The van der Waals surface area contributed by atoms with Crippen LogP contribution in [0.15, 0.2) is 30.9 Å². The lowest BCUT2D eigenvalue weighted by atomic mass is 10.4. The smallest absolute Gasteiger partial charge is 0.419 e. The van der Waals surface area contributed by atoms with Crippen molar-refractivity contribution in [3.8, 4) is 0 Å². The monoisotopic (exact) mass is 268 g/mol. The van der Waals surface area contributed by atoms with E-state index in [-0.39, 0.29) is 26.4 Å². The molecule has 0 aromatic carbocycles. The summed E-state index contributed by atoms with van der Waals surface area (Å²) in [6.45, 7) is 5.74. The first-order valence-corrected chi connectivity index (χ1v) is 5.66. The molecule has 0 aliphatic carbocycles. The van der Waals surface area contributed by atoms with Gasteiger partial charge in [0.25, 0.3) is 0 Å². The zero-order valence-corrected chi connectivity index (χ0v) is 10.7. The van der Waals surface area contributed by atoms with Gasteiger partial charge in [0.1, 0.15) is 19.5 Å². The van der Waals surface area contributed by atoms with Gasteiger partial charge in [-0.2, -0.15) is 0 Å². The molecule has 0 aliphatic rings. The Morgan fingerprint density at radius 2 is 1.89 bits per heavy atom. The molecule has 1 heterocycles. The molecule has 0 spiro atoms. The Bertz CT molecular complexity index is 427. The number of ether oxygens (including phenoxy) is 3. The van der Waals surface area contributed by atoms with Crippen LogP contribution in [-0.2, 0) is 19.0 Å². The topological polar surface area (TPSA) is 79.7 Å². The van der Waals surface area contributed by atoms with Crippen molar-refractivity contribution in [3.05, 3.63) is 30.9 Å². The number of aromatic nitrogens is 2. The van der Waals surface area contributed by atoms with E-state index in [1.807, 2.05) is 0 Å². The Kier molecular flexibility index (Phi) is 6.31. The normalized spacial score (nSPS) is 9.95. The van der Waals surface area contributed by atoms with E-state index in [2.05, 4.69) is 11.6 Å². The van der Waals surface area contributed by atoms with Crippen LogP contribution < -0.4 is 0 Å². The Balaban J connectivity index is 1.98. The van der Waals surface area contributed by atoms with Gasteiger partial charge in [-0.05, 0) is 6.92 Å². The summed E-state index contributed by atoms with van der Waals surface area (Å²) in [5, 5.41) is 0. The van der Waals surface area contributed by atoms with Crippen molar-refractivity contribution in [2.45, 2.75) is 6.92 Å². The molecule has 0 saturated heterocycles. The molecular weight excluding hydrogens is 252 g/mol. The van der Waals surface area contributed by atoms with E-state index in [9.17, 15) is 9.59 Å². The number of imidazole rings is 1. The molecule has 0 radical (unpaired) electrons. The molecule has 1 aromatic heterocycles.